The van der Waals surface area contributed by atoms with Crippen LogP contribution in [0, 0.1) is 17.8 Å². The molecular formula is C13H23NO. The van der Waals surface area contributed by atoms with E-state index in [0.717, 1.165) is 18.3 Å². The molecule has 2 aliphatic rings. The Hall–Kier alpha value is -0.370. The van der Waals surface area contributed by atoms with Gasteiger partial charge in [0.1, 0.15) is 5.78 Å². The molecule has 3 atom stereocenters. The lowest BCUT2D eigenvalue weighted by molar-refractivity contribution is -0.122. The third kappa shape index (κ3) is 2.10. The molecule has 2 nitrogen and oxygen atoms in total. The first kappa shape index (κ1) is 11.1. The van der Waals surface area contributed by atoms with Crippen LogP contribution in [0.5, 0.6) is 0 Å². The monoisotopic (exact) mass is 209 g/mol. The maximum Gasteiger partial charge on any atom is 0.135 e. The van der Waals surface area contributed by atoms with E-state index >= 15 is 0 Å². The molecular weight excluding hydrogens is 186 g/mol. The fraction of sp³-hybridized carbons (Fsp3) is 0.923. The van der Waals surface area contributed by atoms with Crippen molar-refractivity contribution < 1.29 is 4.79 Å². The van der Waals surface area contributed by atoms with Gasteiger partial charge in [-0.2, -0.15) is 0 Å². The van der Waals surface area contributed by atoms with Crippen LogP contribution in [0.1, 0.15) is 40.0 Å². The summed E-state index contributed by atoms with van der Waals surface area (Å²) in [6.07, 6.45) is 3.07. The summed E-state index contributed by atoms with van der Waals surface area (Å²) in [4.78, 5) is 14.2. The maximum absolute atomic E-state index is 11.6. The van der Waals surface area contributed by atoms with E-state index < -0.39 is 0 Å². The summed E-state index contributed by atoms with van der Waals surface area (Å²) in [5.74, 6) is 2.53. The Bertz CT molecular complexity index is 235. The number of nitrogens with zero attached hydrogens (tertiary/aromatic N) is 1. The van der Waals surface area contributed by atoms with Gasteiger partial charge in [-0.3, -0.25) is 4.79 Å². The summed E-state index contributed by atoms with van der Waals surface area (Å²) < 4.78 is 0. The van der Waals surface area contributed by atoms with E-state index in [0.29, 0.717) is 17.7 Å². The molecule has 86 valence electrons. The molecule has 0 spiro atoms. The first-order chi connectivity index (χ1) is 7.11. The first-order valence-corrected chi connectivity index (χ1v) is 6.38. The Morgan fingerprint density at radius 3 is 2.20 bits per heavy atom. The Morgan fingerprint density at radius 1 is 1.27 bits per heavy atom. The Balaban J connectivity index is 1.90. The molecule has 0 aromatic carbocycles. The molecule has 1 heterocycles. The summed E-state index contributed by atoms with van der Waals surface area (Å²) in [6.45, 7) is 9.01. The Morgan fingerprint density at radius 2 is 1.80 bits per heavy atom. The van der Waals surface area contributed by atoms with Gasteiger partial charge in [-0.25, -0.2) is 0 Å². The molecule has 2 fully saturated rings. The molecule has 0 N–H and O–H groups in total. The van der Waals surface area contributed by atoms with Gasteiger partial charge in [-0.1, -0.05) is 6.92 Å². The topological polar surface area (TPSA) is 20.3 Å². The van der Waals surface area contributed by atoms with Crippen molar-refractivity contribution in [3.8, 4) is 0 Å². The van der Waals surface area contributed by atoms with Gasteiger partial charge in [0.25, 0.3) is 0 Å². The van der Waals surface area contributed by atoms with Crippen LogP contribution in [0.2, 0.25) is 0 Å². The quantitative estimate of drug-likeness (QED) is 0.711. The normalized spacial score (nSPS) is 36.1. The van der Waals surface area contributed by atoms with Gasteiger partial charge in [-0.05, 0) is 38.5 Å². The Kier molecular flexibility index (Phi) is 3.15. The molecule has 0 aromatic rings. The van der Waals surface area contributed by atoms with Gasteiger partial charge in [0.15, 0.2) is 0 Å². The van der Waals surface area contributed by atoms with Crippen LogP contribution in [0.4, 0.5) is 0 Å². The summed E-state index contributed by atoms with van der Waals surface area (Å²) in [5.41, 5.74) is 0. The number of carbonyl (C=O) groups excluding carboxylic acids is 1. The van der Waals surface area contributed by atoms with Crippen molar-refractivity contribution in [2.45, 2.75) is 46.1 Å². The van der Waals surface area contributed by atoms with Crippen molar-refractivity contribution in [1.29, 1.82) is 0 Å². The van der Waals surface area contributed by atoms with E-state index in [4.69, 9.17) is 0 Å². The minimum Gasteiger partial charge on any atom is -0.300 e. The van der Waals surface area contributed by atoms with Crippen molar-refractivity contribution in [2.24, 2.45) is 17.8 Å². The molecule has 1 saturated heterocycles. The zero-order chi connectivity index (χ0) is 11.0. The smallest absolute Gasteiger partial charge is 0.135 e. The Labute approximate surface area is 93.0 Å². The minimum absolute atomic E-state index is 0.402. The fourth-order valence-electron chi connectivity index (χ4n) is 3.31. The lowest BCUT2D eigenvalue weighted by atomic mass is 9.98. The third-order valence-electron chi connectivity index (χ3n) is 4.31. The lowest BCUT2D eigenvalue weighted by Crippen LogP contribution is -2.30. The van der Waals surface area contributed by atoms with Gasteiger partial charge >= 0.3 is 0 Å². The standard InChI is InChI=1S/C13H23NO/c1-4-13(15)10-5-11-7-14(9(2)3)8-12(11)6-10/h9-12H,4-8H2,1-3H3/t10?,11-,12+. The van der Waals surface area contributed by atoms with Crippen LogP contribution in [0.3, 0.4) is 0 Å². The number of fused-ring (bicyclic) bond motifs is 1. The van der Waals surface area contributed by atoms with Crippen LogP contribution < -0.4 is 0 Å². The molecule has 0 aromatic heterocycles. The average molecular weight is 209 g/mol. The second-order valence-corrected chi connectivity index (χ2v) is 5.56. The summed E-state index contributed by atoms with van der Waals surface area (Å²) in [7, 11) is 0. The van der Waals surface area contributed by atoms with Crippen molar-refractivity contribution in [3.63, 3.8) is 0 Å². The lowest BCUT2D eigenvalue weighted by Gasteiger charge is -2.22. The number of likely N-dealkylation sites (tertiary alicyclic amines) is 1. The van der Waals surface area contributed by atoms with Gasteiger partial charge < -0.3 is 4.90 Å². The number of Topliss-reactive ketones (excluding diaryl/α,β-unsaturated/α-hetero) is 1. The zero-order valence-electron chi connectivity index (χ0n) is 10.2. The highest BCUT2D eigenvalue weighted by Crippen LogP contribution is 2.42. The van der Waals surface area contributed by atoms with Gasteiger partial charge in [0, 0.05) is 31.5 Å². The molecule has 0 amide bonds. The number of carbonyl (C=O) groups is 1. The van der Waals surface area contributed by atoms with E-state index in [2.05, 4.69) is 18.7 Å². The third-order valence-corrected chi connectivity index (χ3v) is 4.31. The van der Waals surface area contributed by atoms with E-state index in [1.165, 1.54) is 25.9 Å². The molecule has 1 aliphatic heterocycles. The van der Waals surface area contributed by atoms with Gasteiger partial charge in [0.05, 0.1) is 0 Å². The predicted molar refractivity (Wildman–Crippen MR) is 61.7 cm³/mol. The van der Waals surface area contributed by atoms with Gasteiger partial charge in [0.2, 0.25) is 0 Å². The number of rotatable bonds is 3. The van der Waals surface area contributed by atoms with Gasteiger partial charge in [-0.15, -0.1) is 0 Å². The highest BCUT2D eigenvalue weighted by molar-refractivity contribution is 5.81. The summed E-state index contributed by atoms with van der Waals surface area (Å²) in [5, 5.41) is 0. The molecule has 15 heavy (non-hydrogen) atoms. The molecule has 1 saturated carbocycles. The highest BCUT2D eigenvalue weighted by Gasteiger charge is 2.42. The molecule has 2 rings (SSSR count). The number of ketones is 1. The maximum atomic E-state index is 11.6. The second kappa shape index (κ2) is 4.25. The van der Waals surface area contributed by atoms with Crippen molar-refractivity contribution in [3.05, 3.63) is 0 Å². The first-order valence-electron chi connectivity index (χ1n) is 6.38. The predicted octanol–water partition coefficient (Wildman–Crippen LogP) is 2.33. The van der Waals surface area contributed by atoms with E-state index in [1.54, 1.807) is 0 Å². The van der Waals surface area contributed by atoms with Crippen molar-refractivity contribution >= 4 is 5.78 Å². The summed E-state index contributed by atoms with van der Waals surface area (Å²) >= 11 is 0. The average Bonchev–Trinajstić information content (AvgIpc) is 2.72. The summed E-state index contributed by atoms with van der Waals surface area (Å²) in [6, 6.07) is 0.677. The molecule has 1 aliphatic carbocycles. The van der Waals surface area contributed by atoms with E-state index in [9.17, 15) is 4.79 Å². The van der Waals surface area contributed by atoms with Crippen LogP contribution >= 0.6 is 0 Å². The van der Waals surface area contributed by atoms with Crippen LogP contribution in [-0.2, 0) is 4.79 Å². The molecule has 0 bridgehead atoms. The van der Waals surface area contributed by atoms with E-state index in [-0.39, 0.29) is 0 Å². The van der Waals surface area contributed by atoms with Crippen LogP contribution in [0.15, 0.2) is 0 Å². The van der Waals surface area contributed by atoms with E-state index in [1.807, 2.05) is 6.92 Å². The highest BCUT2D eigenvalue weighted by atomic mass is 16.1. The molecule has 0 radical (unpaired) electrons. The zero-order valence-corrected chi connectivity index (χ0v) is 10.2. The fourth-order valence-corrected chi connectivity index (χ4v) is 3.31. The van der Waals surface area contributed by atoms with Crippen molar-refractivity contribution in [2.75, 3.05) is 13.1 Å². The molecule has 1 unspecified atom stereocenters. The minimum atomic E-state index is 0.402. The van der Waals surface area contributed by atoms with Crippen LogP contribution in [-0.4, -0.2) is 29.8 Å². The van der Waals surface area contributed by atoms with Crippen LogP contribution in [0.25, 0.3) is 0 Å². The SMILES string of the molecule is CCC(=O)C1C[C@@H]2CN(C(C)C)C[C@@H]2C1. The second-order valence-electron chi connectivity index (χ2n) is 5.56. The largest absolute Gasteiger partial charge is 0.300 e. The molecule has 2 heteroatoms. The number of hydrogen-bond donors (Lipinski definition) is 0. The van der Waals surface area contributed by atoms with Crippen molar-refractivity contribution in [1.82, 2.24) is 4.90 Å². The number of hydrogen-bond acceptors (Lipinski definition) is 2.